The number of rotatable bonds is 17. The van der Waals surface area contributed by atoms with Gasteiger partial charge in [-0.3, -0.25) is 9.59 Å². The zero-order valence-corrected chi connectivity index (χ0v) is 31.9. The van der Waals surface area contributed by atoms with Gasteiger partial charge in [0.2, 0.25) is 0 Å². The van der Waals surface area contributed by atoms with Gasteiger partial charge >= 0.3 is 5.97 Å². The monoisotopic (exact) mass is 722 g/mol. The average Bonchev–Trinajstić information content (AvgIpc) is 3.46. The average molecular weight is 723 g/mol. The summed E-state index contributed by atoms with van der Waals surface area (Å²) < 4.78 is 36.5. The summed E-state index contributed by atoms with van der Waals surface area (Å²) in [6.45, 7) is 0.438. The summed E-state index contributed by atoms with van der Waals surface area (Å²) in [7, 11) is 19.3. The number of methoxy groups -OCH3 is 6. The van der Waals surface area contributed by atoms with Crippen LogP contribution in [-0.4, -0.2) is 107 Å². The fraction of sp³-hybridized carbons (Fsp3) is 0.447. The number of imide groups is 1. The second-order valence-corrected chi connectivity index (χ2v) is 12.6. The lowest BCUT2D eigenvalue weighted by molar-refractivity contribution is -0.197. The highest BCUT2D eigenvalue weighted by Gasteiger charge is 2.36. The van der Waals surface area contributed by atoms with Gasteiger partial charge in [0.15, 0.2) is 0 Å². The minimum Gasteiger partial charge on any atom is -0.496 e. The third-order valence-corrected chi connectivity index (χ3v) is 9.00. The molecule has 0 N–H and O–H groups in total. The number of ether oxygens (including phenoxy) is 6. The van der Waals surface area contributed by atoms with Crippen LogP contribution in [0.25, 0.3) is 0 Å². The maximum Gasteiger partial charge on any atom is 0.333 e. The number of hydrogen-bond acceptors (Lipinski definition) is 13. The summed E-state index contributed by atoms with van der Waals surface area (Å²) in [5.74, 6) is 0.880. The fourth-order valence-electron chi connectivity index (χ4n) is 6.19. The summed E-state index contributed by atoms with van der Waals surface area (Å²) in [5, 5.41) is 0.562. The Bertz CT molecular complexity index is 1620. The molecule has 0 spiro atoms. The van der Waals surface area contributed by atoms with Gasteiger partial charge in [0.05, 0.1) is 48.6 Å². The SMILES string of the molecule is COc1cc(N(C)C)cc(OC)c1C(c1c(OC)cc(N(C)C)cc1OC)c1c(OC)cc(N(C)CCCC(=O)ON2C(=O)CCC2=O)cc1OC. The van der Waals surface area contributed by atoms with Crippen molar-refractivity contribution in [2.75, 3.05) is 99.1 Å². The molecule has 14 heteroatoms. The highest BCUT2D eigenvalue weighted by molar-refractivity contribution is 6.01. The van der Waals surface area contributed by atoms with E-state index >= 15 is 0 Å². The van der Waals surface area contributed by atoms with E-state index in [1.165, 1.54) is 0 Å². The Hall–Kier alpha value is -5.53. The molecule has 1 aliphatic heterocycles. The van der Waals surface area contributed by atoms with E-state index in [0.29, 0.717) is 69.2 Å². The molecule has 3 aromatic rings. The summed E-state index contributed by atoms with van der Waals surface area (Å²) in [6.07, 6.45) is 0.468. The number of nitrogens with zero attached hydrogens (tertiary/aromatic N) is 4. The van der Waals surface area contributed by atoms with Crippen molar-refractivity contribution in [3.63, 3.8) is 0 Å². The summed E-state index contributed by atoms with van der Waals surface area (Å²) >= 11 is 0. The van der Waals surface area contributed by atoms with Crippen molar-refractivity contribution in [2.45, 2.75) is 31.6 Å². The van der Waals surface area contributed by atoms with Crippen molar-refractivity contribution < 1.29 is 47.6 Å². The van der Waals surface area contributed by atoms with Crippen LogP contribution in [0.3, 0.4) is 0 Å². The molecule has 0 saturated carbocycles. The van der Waals surface area contributed by atoms with E-state index in [1.807, 2.05) is 86.3 Å². The summed E-state index contributed by atoms with van der Waals surface area (Å²) in [4.78, 5) is 47.1. The lowest BCUT2D eigenvalue weighted by Gasteiger charge is -2.31. The zero-order chi connectivity index (χ0) is 38.3. The lowest BCUT2D eigenvalue weighted by atomic mass is 9.81. The number of anilines is 3. The van der Waals surface area contributed by atoms with E-state index in [1.54, 1.807) is 42.7 Å². The largest absolute Gasteiger partial charge is 0.496 e. The summed E-state index contributed by atoms with van der Waals surface area (Å²) in [5.41, 5.74) is 4.53. The first-order valence-electron chi connectivity index (χ1n) is 16.7. The fourth-order valence-corrected chi connectivity index (χ4v) is 6.19. The number of carbonyl (C=O) groups excluding carboxylic acids is 3. The van der Waals surface area contributed by atoms with Crippen molar-refractivity contribution in [3.05, 3.63) is 53.1 Å². The van der Waals surface area contributed by atoms with Crippen LogP contribution in [0.5, 0.6) is 34.5 Å². The van der Waals surface area contributed by atoms with E-state index in [0.717, 1.165) is 17.1 Å². The second kappa shape index (κ2) is 17.1. The third-order valence-electron chi connectivity index (χ3n) is 9.00. The highest BCUT2D eigenvalue weighted by atomic mass is 16.7. The van der Waals surface area contributed by atoms with Gasteiger partial charge in [-0.1, -0.05) is 0 Å². The van der Waals surface area contributed by atoms with Gasteiger partial charge in [-0.25, -0.2) is 4.79 Å². The molecular weight excluding hydrogens is 672 g/mol. The Balaban J connectivity index is 1.87. The molecule has 4 rings (SSSR count). The minimum atomic E-state index is -0.669. The lowest BCUT2D eigenvalue weighted by Crippen LogP contribution is -2.32. The molecule has 0 atom stereocenters. The molecule has 0 unspecified atom stereocenters. The van der Waals surface area contributed by atoms with Gasteiger partial charge in [0.1, 0.15) is 34.5 Å². The van der Waals surface area contributed by atoms with Gasteiger partial charge < -0.3 is 48.0 Å². The molecule has 2 amide bonds. The number of hydroxylamine groups is 2. The first kappa shape index (κ1) is 39.3. The Morgan fingerprint density at radius 3 is 1.23 bits per heavy atom. The Morgan fingerprint density at radius 1 is 0.596 bits per heavy atom. The van der Waals surface area contributed by atoms with Gasteiger partial charge in [0, 0.05) is 131 Å². The minimum absolute atomic E-state index is 0.000887. The zero-order valence-electron chi connectivity index (χ0n) is 31.9. The molecule has 3 aromatic carbocycles. The number of hydrogen-bond donors (Lipinski definition) is 0. The molecule has 1 aliphatic rings. The first-order chi connectivity index (χ1) is 24.8. The Labute approximate surface area is 305 Å². The molecule has 0 aromatic heterocycles. The molecule has 1 fully saturated rings. The van der Waals surface area contributed by atoms with Crippen LogP contribution in [0, 0.1) is 0 Å². The summed E-state index contributed by atoms with van der Waals surface area (Å²) in [6, 6.07) is 11.6. The maximum atomic E-state index is 12.5. The van der Waals surface area contributed by atoms with E-state index < -0.39 is 23.7 Å². The van der Waals surface area contributed by atoms with Crippen LogP contribution >= 0.6 is 0 Å². The molecule has 14 nitrogen and oxygen atoms in total. The quantitative estimate of drug-likeness (QED) is 0.139. The van der Waals surface area contributed by atoms with Crippen LogP contribution < -0.4 is 43.1 Å². The van der Waals surface area contributed by atoms with Gasteiger partial charge in [-0.15, -0.1) is 5.06 Å². The molecule has 1 heterocycles. The normalized spacial score (nSPS) is 12.5. The topological polar surface area (TPSA) is 129 Å². The van der Waals surface area contributed by atoms with Crippen LogP contribution in [0.1, 0.15) is 48.3 Å². The molecular formula is C38H50N4O10. The van der Waals surface area contributed by atoms with Crippen LogP contribution in [-0.2, 0) is 19.2 Å². The second-order valence-electron chi connectivity index (χ2n) is 12.6. The van der Waals surface area contributed by atoms with E-state index in [2.05, 4.69) is 0 Å². The standard InChI is InChI=1S/C38H50N4O10/c1-39(2)23-17-26(46-6)35(27(18-23)47-7)38(36-28(48-8)19-24(40(3)4)20-29(36)49-9)37-30(50-10)21-25(22-31(37)51-11)41(5)16-12-13-34(45)52-42-32(43)14-15-33(42)44/h17-22,38H,12-16H2,1-11H3. The van der Waals surface area contributed by atoms with E-state index in [4.69, 9.17) is 33.3 Å². The number of carbonyl (C=O) groups is 3. The molecule has 52 heavy (non-hydrogen) atoms. The highest BCUT2D eigenvalue weighted by Crippen LogP contribution is 2.55. The Kier molecular flexibility index (Phi) is 12.9. The van der Waals surface area contributed by atoms with Crippen molar-refractivity contribution in [1.29, 1.82) is 0 Å². The maximum absolute atomic E-state index is 12.5. The molecule has 282 valence electrons. The van der Waals surface area contributed by atoms with Crippen LogP contribution in [0.15, 0.2) is 36.4 Å². The van der Waals surface area contributed by atoms with Crippen molar-refractivity contribution in [1.82, 2.24) is 5.06 Å². The van der Waals surface area contributed by atoms with E-state index in [-0.39, 0.29) is 19.3 Å². The molecule has 1 saturated heterocycles. The third kappa shape index (κ3) is 8.16. The van der Waals surface area contributed by atoms with Gasteiger partial charge in [0.25, 0.3) is 11.8 Å². The molecule has 0 radical (unpaired) electrons. The number of amides is 2. The van der Waals surface area contributed by atoms with Gasteiger partial charge in [-0.2, -0.15) is 0 Å². The molecule has 0 aliphatic carbocycles. The van der Waals surface area contributed by atoms with Crippen molar-refractivity contribution in [3.8, 4) is 34.5 Å². The van der Waals surface area contributed by atoms with Gasteiger partial charge in [-0.05, 0) is 6.42 Å². The number of benzene rings is 3. The van der Waals surface area contributed by atoms with Crippen LogP contribution in [0.2, 0.25) is 0 Å². The van der Waals surface area contributed by atoms with Crippen molar-refractivity contribution in [2.24, 2.45) is 0 Å². The predicted octanol–water partition coefficient (Wildman–Crippen LogP) is 4.87. The smallest absolute Gasteiger partial charge is 0.333 e. The van der Waals surface area contributed by atoms with E-state index in [9.17, 15) is 14.4 Å². The first-order valence-corrected chi connectivity index (χ1v) is 16.7. The van der Waals surface area contributed by atoms with Crippen molar-refractivity contribution >= 4 is 34.8 Å². The predicted molar refractivity (Wildman–Crippen MR) is 198 cm³/mol. The molecule has 0 bridgehead atoms. The van der Waals surface area contributed by atoms with Crippen LogP contribution in [0.4, 0.5) is 17.1 Å². The Morgan fingerprint density at radius 2 is 0.923 bits per heavy atom.